The lowest BCUT2D eigenvalue weighted by Crippen LogP contribution is -2.45. The van der Waals surface area contributed by atoms with Crippen LogP contribution in [0.3, 0.4) is 0 Å². The molecule has 1 aromatic carbocycles. The first kappa shape index (κ1) is 14.0. The van der Waals surface area contributed by atoms with Crippen molar-refractivity contribution >= 4 is 0 Å². The van der Waals surface area contributed by atoms with Crippen LogP contribution in [-0.2, 0) is 5.41 Å². The second-order valence-corrected chi connectivity index (χ2v) is 5.86. The Bertz CT molecular complexity index is 658. The molecule has 3 N–H and O–H groups in total. The first-order chi connectivity index (χ1) is 10.0. The van der Waals surface area contributed by atoms with E-state index >= 15 is 0 Å². The molecule has 3 rings (SSSR count). The van der Waals surface area contributed by atoms with Crippen molar-refractivity contribution in [2.45, 2.75) is 44.1 Å². The van der Waals surface area contributed by atoms with Crippen LogP contribution in [0.25, 0.3) is 11.4 Å². The lowest BCUT2D eigenvalue weighted by Gasteiger charge is -2.35. The standard InChI is InChI=1S/C15H18FN3O2/c1-15(7-3-2-4-12(15)17)14-18-13(19-21-14)9-5-6-11(20)10(16)8-9/h5-6,8,12,20H,2-4,7,17H2,1H3. The van der Waals surface area contributed by atoms with E-state index in [-0.39, 0.29) is 11.5 Å². The summed E-state index contributed by atoms with van der Waals surface area (Å²) in [4.78, 5) is 4.39. The molecule has 1 heterocycles. The number of nitrogens with zero attached hydrogens (tertiary/aromatic N) is 2. The van der Waals surface area contributed by atoms with Crippen LogP contribution >= 0.6 is 0 Å². The van der Waals surface area contributed by atoms with Gasteiger partial charge in [-0.3, -0.25) is 0 Å². The van der Waals surface area contributed by atoms with Crippen LogP contribution in [0.4, 0.5) is 4.39 Å². The van der Waals surface area contributed by atoms with Gasteiger partial charge < -0.3 is 15.4 Å². The third kappa shape index (κ3) is 2.40. The first-order valence-electron chi connectivity index (χ1n) is 7.09. The van der Waals surface area contributed by atoms with Gasteiger partial charge in [-0.05, 0) is 38.0 Å². The summed E-state index contributed by atoms with van der Waals surface area (Å²) in [5, 5.41) is 13.1. The molecule has 2 aromatic rings. The molecule has 1 saturated carbocycles. The van der Waals surface area contributed by atoms with Crippen LogP contribution in [0.15, 0.2) is 22.7 Å². The van der Waals surface area contributed by atoms with Crippen molar-refractivity contribution in [1.29, 1.82) is 0 Å². The van der Waals surface area contributed by atoms with Crippen molar-refractivity contribution < 1.29 is 14.0 Å². The van der Waals surface area contributed by atoms with E-state index in [1.807, 2.05) is 6.92 Å². The molecule has 1 aliphatic rings. The van der Waals surface area contributed by atoms with E-state index in [0.717, 1.165) is 25.7 Å². The zero-order chi connectivity index (χ0) is 15.0. The average Bonchev–Trinajstić information content (AvgIpc) is 2.95. The Morgan fingerprint density at radius 1 is 1.43 bits per heavy atom. The lowest BCUT2D eigenvalue weighted by atomic mass is 9.72. The number of hydrogen-bond acceptors (Lipinski definition) is 5. The monoisotopic (exact) mass is 291 g/mol. The van der Waals surface area contributed by atoms with Gasteiger partial charge in [0.1, 0.15) is 0 Å². The fourth-order valence-corrected chi connectivity index (χ4v) is 2.84. The molecule has 2 atom stereocenters. The third-order valence-corrected chi connectivity index (χ3v) is 4.40. The predicted octanol–water partition coefficient (Wildman–Crippen LogP) is 2.74. The van der Waals surface area contributed by atoms with Gasteiger partial charge in [0.2, 0.25) is 11.7 Å². The Morgan fingerprint density at radius 2 is 2.24 bits per heavy atom. The maximum absolute atomic E-state index is 13.4. The van der Waals surface area contributed by atoms with Crippen molar-refractivity contribution in [2.75, 3.05) is 0 Å². The highest BCUT2D eigenvalue weighted by atomic mass is 19.1. The summed E-state index contributed by atoms with van der Waals surface area (Å²) in [6.07, 6.45) is 4.03. The fourth-order valence-electron chi connectivity index (χ4n) is 2.84. The number of aromatic nitrogens is 2. The Kier molecular flexibility index (Phi) is 3.41. The SMILES string of the molecule is CC1(c2nc(-c3ccc(O)c(F)c3)no2)CCCCC1N. The van der Waals surface area contributed by atoms with Crippen LogP contribution < -0.4 is 5.73 Å². The minimum absolute atomic E-state index is 0.0175. The van der Waals surface area contributed by atoms with E-state index in [0.29, 0.717) is 17.3 Å². The molecule has 0 bridgehead atoms. The summed E-state index contributed by atoms with van der Waals surface area (Å²) in [5.41, 5.74) is 6.35. The summed E-state index contributed by atoms with van der Waals surface area (Å²) >= 11 is 0. The third-order valence-electron chi connectivity index (χ3n) is 4.40. The number of halogens is 1. The molecule has 0 radical (unpaired) electrons. The highest BCUT2D eigenvalue weighted by Crippen LogP contribution is 2.38. The van der Waals surface area contributed by atoms with Gasteiger partial charge in [-0.1, -0.05) is 18.0 Å². The van der Waals surface area contributed by atoms with E-state index in [4.69, 9.17) is 10.3 Å². The van der Waals surface area contributed by atoms with Gasteiger partial charge >= 0.3 is 0 Å². The summed E-state index contributed by atoms with van der Waals surface area (Å²) < 4.78 is 18.8. The van der Waals surface area contributed by atoms with E-state index in [1.54, 1.807) is 6.07 Å². The van der Waals surface area contributed by atoms with E-state index in [9.17, 15) is 9.50 Å². The molecule has 0 amide bonds. The van der Waals surface area contributed by atoms with Gasteiger partial charge in [-0.25, -0.2) is 4.39 Å². The van der Waals surface area contributed by atoms with Crippen molar-refractivity contribution in [3.63, 3.8) is 0 Å². The molecular formula is C15H18FN3O2. The van der Waals surface area contributed by atoms with Gasteiger partial charge in [-0.15, -0.1) is 0 Å². The molecule has 0 aliphatic heterocycles. The number of hydrogen-bond donors (Lipinski definition) is 2. The molecule has 1 aliphatic carbocycles. The molecule has 21 heavy (non-hydrogen) atoms. The van der Waals surface area contributed by atoms with Gasteiger partial charge in [-0.2, -0.15) is 4.98 Å². The number of rotatable bonds is 2. The summed E-state index contributed by atoms with van der Waals surface area (Å²) in [5.74, 6) is -0.302. The molecule has 1 aromatic heterocycles. The molecule has 1 fully saturated rings. The maximum atomic E-state index is 13.4. The largest absolute Gasteiger partial charge is 0.505 e. The van der Waals surface area contributed by atoms with Crippen molar-refractivity contribution in [3.05, 3.63) is 29.9 Å². The highest BCUT2D eigenvalue weighted by molar-refractivity contribution is 5.56. The van der Waals surface area contributed by atoms with E-state index in [1.165, 1.54) is 12.1 Å². The number of phenolic OH excluding ortho intramolecular Hbond substituents is 1. The number of nitrogens with two attached hydrogens (primary N) is 1. The Morgan fingerprint density at radius 3 is 2.95 bits per heavy atom. The quantitative estimate of drug-likeness (QED) is 0.888. The fraction of sp³-hybridized carbons (Fsp3) is 0.467. The number of phenols is 1. The summed E-state index contributed by atoms with van der Waals surface area (Å²) in [6.45, 7) is 2.03. The van der Waals surface area contributed by atoms with Crippen LogP contribution in [0.5, 0.6) is 5.75 Å². The van der Waals surface area contributed by atoms with Crippen LogP contribution in [0.2, 0.25) is 0 Å². The average molecular weight is 291 g/mol. The predicted molar refractivity (Wildman–Crippen MR) is 75.2 cm³/mol. The summed E-state index contributed by atoms with van der Waals surface area (Å²) in [7, 11) is 0. The first-order valence-corrected chi connectivity index (χ1v) is 7.09. The number of benzene rings is 1. The second-order valence-electron chi connectivity index (χ2n) is 5.86. The van der Waals surface area contributed by atoms with Gasteiger partial charge in [0.05, 0.1) is 5.41 Å². The molecule has 6 heteroatoms. The molecule has 0 saturated heterocycles. The lowest BCUT2D eigenvalue weighted by molar-refractivity contribution is 0.203. The summed E-state index contributed by atoms with van der Waals surface area (Å²) in [6, 6.07) is 3.99. The molecule has 112 valence electrons. The second kappa shape index (κ2) is 5.11. The molecular weight excluding hydrogens is 273 g/mol. The Hall–Kier alpha value is -1.95. The molecule has 5 nitrogen and oxygen atoms in total. The van der Waals surface area contributed by atoms with Crippen LogP contribution in [-0.4, -0.2) is 21.3 Å². The zero-order valence-corrected chi connectivity index (χ0v) is 11.8. The van der Waals surface area contributed by atoms with Crippen LogP contribution in [0.1, 0.15) is 38.5 Å². The van der Waals surface area contributed by atoms with Crippen molar-refractivity contribution in [2.24, 2.45) is 5.73 Å². The van der Waals surface area contributed by atoms with Crippen LogP contribution in [0, 0.1) is 5.82 Å². The minimum atomic E-state index is -0.709. The maximum Gasteiger partial charge on any atom is 0.234 e. The highest BCUT2D eigenvalue weighted by Gasteiger charge is 2.40. The molecule has 0 spiro atoms. The van der Waals surface area contributed by atoms with E-state index in [2.05, 4.69) is 10.1 Å². The van der Waals surface area contributed by atoms with Gasteiger partial charge in [0.25, 0.3) is 0 Å². The number of aromatic hydroxyl groups is 1. The van der Waals surface area contributed by atoms with E-state index < -0.39 is 11.6 Å². The topological polar surface area (TPSA) is 85.2 Å². The normalized spacial score (nSPS) is 26.0. The Labute approximate surface area is 122 Å². The smallest absolute Gasteiger partial charge is 0.234 e. The van der Waals surface area contributed by atoms with Gasteiger partial charge in [0.15, 0.2) is 11.6 Å². The minimum Gasteiger partial charge on any atom is -0.505 e. The van der Waals surface area contributed by atoms with Crippen molar-refractivity contribution in [3.8, 4) is 17.1 Å². The molecule has 2 unspecified atom stereocenters. The van der Waals surface area contributed by atoms with Gasteiger partial charge in [0, 0.05) is 11.6 Å². The zero-order valence-electron chi connectivity index (χ0n) is 11.8. The van der Waals surface area contributed by atoms with Crippen molar-refractivity contribution in [1.82, 2.24) is 10.1 Å². The Balaban J connectivity index is 1.94.